The van der Waals surface area contributed by atoms with E-state index in [0.717, 1.165) is 12.8 Å². The van der Waals surface area contributed by atoms with Gasteiger partial charge >= 0.3 is 0 Å². The summed E-state index contributed by atoms with van der Waals surface area (Å²) in [7, 11) is 0. The first-order valence-corrected chi connectivity index (χ1v) is 8.42. The van der Waals surface area contributed by atoms with Crippen LogP contribution >= 0.6 is 12.2 Å². The molecule has 1 aromatic carbocycles. The van der Waals surface area contributed by atoms with Crippen molar-refractivity contribution in [2.45, 2.75) is 25.4 Å². The second-order valence-corrected chi connectivity index (χ2v) is 6.30. The highest BCUT2D eigenvalue weighted by Crippen LogP contribution is 2.22. The van der Waals surface area contributed by atoms with Gasteiger partial charge in [-0.2, -0.15) is 0 Å². The van der Waals surface area contributed by atoms with Crippen molar-refractivity contribution in [3.63, 3.8) is 0 Å². The van der Waals surface area contributed by atoms with Crippen LogP contribution in [-0.2, 0) is 4.74 Å². The minimum Gasteiger partial charge on any atom is -0.396 e. The highest BCUT2D eigenvalue weighted by molar-refractivity contribution is 7.71. The number of hydrogen-bond acceptors (Lipinski definition) is 4. The molecule has 1 aliphatic heterocycles. The number of carbonyl (C=O) groups is 1. The summed E-state index contributed by atoms with van der Waals surface area (Å²) in [5, 5.41) is 8.77. The monoisotopic (exact) mass is 353 g/mol. The van der Waals surface area contributed by atoms with Crippen LogP contribution in [0.25, 0.3) is 11.0 Å². The molecule has 0 aliphatic carbocycles. The van der Waals surface area contributed by atoms with Crippen LogP contribution in [0.2, 0.25) is 0 Å². The fraction of sp³-hybridized carbons (Fsp3) is 0.500. The number of halogens is 1. The van der Waals surface area contributed by atoms with Gasteiger partial charge in [-0.15, -0.1) is 0 Å². The quantitative estimate of drug-likeness (QED) is 0.569. The Morgan fingerprint density at radius 2 is 2.12 bits per heavy atom. The first-order valence-electron chi connectivity index (χ1n) is 8.02. The third-order valence-electron chi connectivity index (χ3n) is 4.21. The van der Waals surface area contributed by atoms with Gasteiger partial charge in [0.2, 0.25) is 0 Å². The maximum Gasteiger partial charge on any atom is 0.256 e. The van der Waals surface area contributed by atoms with Gasteiger partial charge in [0, 0.05) is 26.3 Å². The average molecular weight is 353 g/mol. The number of H-pyrrole nitrogens is 2. The van der Waals surface area contributed by atoms with Crippen molar-refractivity contribution in [1.82, 2.24) is 14.9 Å². The molecule has 1 saturated heterocycles. The Hall–Kier alpha value is -1.77. The lowest BCUT2D eigenvalue weighted by molar-refractivity contribution is 0.00401. The summed E-state index contributed by atoms with van der Waals surface area (Å²) in [6.07, 6.45) is 2.19. The molecule has 0 radical (unpaired) electrons. The van der Waals surface area contributed by atoms with Crippen molar-refractivity contribution in [2.75, 3.05) is 26.3 Å². The Balaban J connectivity index is 1.71. The molecule has 130 valence electrons. The van der Waals surface area contributed by atoms with Gasteiger partial charge in [-0.1, -0.05) is 0 Å². The van der Waals surface area contributed by atoms with Crippen LogP contribution in [0.4, 0.5) is 4.39 Å². The second-order valence-electron chi connectivity index (χ2n) is 5.89. The molecule has 1 fully saturated rings. The molecular formula is C16H20FN3O3S. The van der Waals surface area contributed by atoms with Crippen LogP contribution < -0.4 is 0 Å². The predicted octanol–water partition coefficient (Wildman–Crippen LogP) is 2.37. The summed E-state index contributed by atoms with van der Waals surface area (Å²) in [6, 6.07) is 2.56. The number of imidazole rings is 1. The second kappa shape index (κ2) is 7.42. The van der Waals surface area contributed by atoms with E-state index in [1.807, 2.05) is 0 Å². The number of amides is 1. The van der Waals surface area contributed by atoms with E-state index in [1.54, 1.807) is 4.90 Å². The number of hydrogen-bond donors (Lipinski definition) is 3. The molecule has 2 aromatic rings. The summed E-state index contributed by atoms with van der Waals surface area (Å²) >= 11 is 5.03. The van der Waals surface area contributed by atoms with E-state index in [-0.39, 0.29) is 24.2 Å². The number of carbonyl (C=O) groups excluding carboxylic acids is 1. The summed E-state index contributed by atoms with van der Waals surface area (Å²) in [5.41, 5.74) is 1.32. The van der Waals surface area contributed by atoms with E-state index >= 15 is 0 Å². The van der Waals surface area contributed by atoms with E-state index < -0.39 is 5.82 Å². The highest BCUT2D eigenvalue weighted by Gasteiger charge is 2.26. The number of piperidine rings is 1. The van der Waals surface area contributed by atoms with Gasteiger partial charge in [0.05, 0.1) is 22.7 Å². The number of aliphatic hydroxyl groups excluding tert-OH is 1. The molecule has 0 atom stereocenters. The minimum absolute atomic E-state index is 0.103. The minimum atomic E-state index is -0.474. The molecule has 2 heterocycles. The molecule has 8 heteroatoms. The van der Waals surface area contributed by atoms with Gasteiger partial charge in [-0.3, -0.25) is 4.79 Å². The van der Waals surface area contributed by atoms with Crippen LogP contribution in [-0.4, -0.2) is 58.3 Å². The molecule has 1 amide bonds. The summed E-state index contributed by atoms with van der Waals surface area (Å²) < 4.78 is 19.8. The van der Waals surface area contributed by atoms with Gasteiger partial charge in [-0.25, -0.2) is 4.39 Å². The zero-order valence-corrected chi connectivity index (χ0v) is 14.0. The maximum absolute atomic E-state index is 13.8. The number of likely N-dealkylation sites (tertiary alicyclic amines) is 1. The van der Waals surface area contributed by atoms with Gasteiger partial charge in [0.25, 0.3) is 5.91 Å². The van der Waals surface area contributed by atoms with Crippen molar-refractivity contribution in [3.8, 4) is 0 Å². The van der Waals surface area contributed by atoms with Crippen molar-refractivity contribution < 1.29 is 19.0 Å². The van der Waals surface area contributed by atoms with Gasteiger partial charge in [0.1, 0.15) is 5.82 Å². The van der Waals surface area contributed by atoms with Crippen LogP contribution in [0.5, 0.6) is 0 Å². The van der Waals surface area contributed by atoms with Gasteiger partial charge < -0.3 is 24.7 Å². The molecular weight excluding hydrogens is 333 g/mol. The molecule has 24 heavy (non-hydrogen) atoms. The lowest BCUT2D eigenvalue weighted by Crippen LogP contribution is -2.41. The molecule has 0 spiro atoms. The molecule has 1 aromatic heterocycles. The summed E-state index contributed by atoms with van der Waals surface area (Å²) in [5.74, 6) is -0.683. The fourth-order valence-corrected chi connectivity index (χ4v) is 3.20. The molecule has 0 bridgehead atoms. The van der Waals surface area contributed by atoms with Crippen molar-refractivity contribution in [2.24, 2.45) is 0 Å². The Labute approximate surface area is 143 Å². The Kier molecular flexibility index (Phi) is 5.27. The number of fused-ring (bicyclic) bond motifs is 1. The lowest BCUT2D eigenvalue weighted by atomic mass is 10.1. The van der Waals surface area contributed by atoms with Crippen molar-refractivity contribution >= 4 is 29.2 Å². The summed E-state index contributed by atoms with van der Waals surface area (Å²) in [6.45, 7) is 1.77. The zero-order valence-electron chi connectivity index (χ0n) is 13.2. The Morgan fingerprint density at radius 1 is 1.38 bits per heavy atom. The van der Waals surface area contributed by atoms with E-state index in [4.69, 9.17) is 22.1 Å². The largest absolute Gasteiger partial charge is 0.396 e. The lowest BCUT2D eigenvalue weighted by Gasteiger charge is -2.32. The van der Waals surface area contributed by atoms with E-state index in [9.17, 15) is 9.18 Å². The molecule has 3 N–H and O–H groups in total. The number of rotatable bonds is 5. The van der Waals surface area contributed by atoms with Crippen molar-refractivity contribution in [3.05, 3.63) is 28.3 Å². The normalized spacial score (nSPS) is 16.0. The first-order chi connectivity index (χ1) is 11.6. The third-order valence-corrected chi connectivity index (χ3v) is 4.41. The highest BCUT2D eigenvalue weighted by atomic mass is 32.1. The SMILES string of the molecule is O=C(c1cc(F)cc2[nH]c(=S)[nH]c12)N1CCC(OCCCO)CC1. The van der Waals surface area contributed by atoms with E-state index in [0.29, 0.717) is 41.9 Å². The van der Waals surface area contributed by atoms with Crippen LogP contribution in [0.3, 0.4) is 0 Å². The number of nitrogens with one attached hydrogen (secondary N) is 2. The predicted molar refractivity (Wildman–Crippen MR) is 90.0 cm³/mol. The number of ether oxygens (including phenoxy) is 1. The molecule has 6 nitrogen and oxygen atoms in total. The number of aliphatic hydroxyl groups is 1. The van der Waals surface area contributed by atoms with Gasteiger partial charge in [-0.05, 0) is 43.6 Å². The topological polar surface area (TPSA) is 81.4 Å². The van der Waals surface area contributed by atoms with Crippen molar-refractivity contribution in [1.29, 1.82) is 0 Å². The van der Waals surface area contributed by atoms with Gasteiger partial charge in [0.15, 0.2) is 4.77 Å². The Bertz CT molecular complexity index is 780. The smallest absolute Gasteiger partial charge is 0.256 e. The molecule has 0 unspecified atom stereocenters. The fourth-order valence-electron chi connectivity index (χ4n) is 2.99. The number of aromatic nitrogens is 2. The van der Waals surface area contributed by atoms with Crippen LogP contribution in [0.1, 0.15) is 29.6 Å². The Morgan fingerprint density at radius 3 is 2.83 bits per heavy atom. The molecule has 3 rings (SSSR count). The number of benzene rings is 1. The third kappa shape index (κ3) is 3.66. The standard InChI is InChI=1S/C16H20FN3O3S/c17-10-8-12(14-13(9-10)18-16(24)19-14)15(22)20-4-2-11(3-5-20)23-7-1-6-21/h8-9,11,21H,1-7H2,(H2,18,19,24). The first kappa shape index (κ1) is 17.1. The van der Waals surface area contributed by atoms with Crippen LogP contribution in [0.15, 0.2) is 12.1 Å². The van der Waals surface area contributed by atoms with E-state index in [1.165, 1.54) is 12.1 Å². The number of aromatic amines is 2. The van der Waals surface area contributed by atoms with E-state index in [2.05, 4.69) is 9.97 Å². The number of nitrogens with zero attached hydrogens (tertiary/aromatic N) is 1. The molecule has 1 aliphatic rings. The van der Waals surface area contributed by atoms with Crippen LogP contribution in [0, 0.1) is 10.6 Å². The summed E-state index contributed by atoms with van der Waals surface area (Å²) in [4.78, 5) is 20.2. The maximum atomic E-state index is 13.8. The molecule has 0 saturated carbocycles. The zero-order chi connectivity index (χ0) is 17.1. The average Bonchev–Trinajstić information content (AvgIpc) is 2.94.